The molecule has 1 aliphatic carbocycles. The number of benzene rings is 2. The maximum Gasteiger partial charge on any atom is 0.0415 e. The fourth-order valence-corrected chi connectivity index (χ4v) is 5.23. The van der Waals surface area contributed by atoms with Crippen LogP contribution in [0.4, 0.5) is 0 Å². The Labute approximate surface area is 165 Å². The molecule has 0 N–H and O–H groups in total. The van der Waals surface area contributed by atoms with Crippen LogP contribution in [0, 0.1) is 0 Å². The van der Waals surface area contributed by atoms with Crippen molar-refractivity contribution in [1.82, 2.24) is 9.80 Å². The Bertz CT molecular complexity index is 670. The van der Waals surface area contributed by atoms with Gasteiger partial charge in [0.25, 0.3) is 0 Å². The van der Waals surface area contributed by atoms with Crippen LogP contribution in [0.3, 0.4) is 0 Å². The predicted octanol–water partition coefficient (Wildman–Crippen LogP) is 5.48. The Hall–Kier alpha value is -1.64. The molecule has 0 bridgehead atoms. The average molecular weight is 363 g/mol. The molecule has 1 saturated heterocycles. The van der Waals surface area contributed by atoms with Crippen LogP contribution in [0.15, 0.2) is 60.7 Å². The highest BCUT2D eigenvalue weighted by Gasteiger charge is 2.32. The largest absolute Gasteiger partial charge is 0.298 e. The molecule has 2 aliphatic rings. The van der Waals surface area contributed by atoms with E-state index < -0.39 is 0 Å². The Morgan fingerprint density at radius 1 is 0.704 bits per heavy atom. The second-order valence-electron chi connectivity index (χ2n) is 8.42. The molecule has 2 nitrogen and oxygen atoms in total. The Morgan fingerprint density at radius 3 is 1.85 bits per heavy atom. The second kappa shape index (κ2) is 9.03. The number of nitrogens with zero attached hydrogens (tertiary/aromatic N) is 2. The molecule has 2 aromatic rings. The van der Waals surface area contributed by atoms with E-state index >= 15 is 0 Å². The smallest absolute Gasteiger partial charge is 0.0415 e. The van der Waals surface area contributed by atoms with Crippen molar-refractivity contribution in [2.45, 2.75) is 57.0 Å². The summed E-state index contributed by atoms with van der Waals surface area (Å²) in [4.78, 5) is 5.53. The van der Waals surface area contributed by atoms with Crippen LogP contribution >= 0.6 is 0 Å². The SMILES string of the molecule is C[C@H](c1ccccc1)[C@H](c1ccccc1)N1CCN(C2CCCCC2)CC1. The number of hydrogen-bond acceptors (Lipinski definition) is 2. The first-order chi connectivity index (χ1) is 13.3. The normalized spacial score (nSPS) is 22.4. The molecule has 0 radical (unpaired) electrons. The van der Waals surface area contributed by atoms with Crippen molar-refractivity contribution < 1.29 is 0 Å². The molecule has 4 rings (SSSR count). The van der Waals surface area contributed by atoms with Gasteiger partial charge in [-0.2, -0.15) is 0 Å². The van der Waals surface area contributed by atoms with E-state index in [4.69, 9.17) is 0 Å². The molecule has 2 atom stereocenters. The number of rotatable bonds is 5. The summed E-state index contributed by atoms with van der Waals surface area (Å²) in [6.07, 6.45) is 7.15. The quantitative estimate of drug-likeness (QED) is 0.695. The second-order valence-corrected chi connectivity index (χ2v) is 8.42. The minimum absolute atomic E-state index is 0.460. The van der Waals surface area contributed by atoms with Gasteiger partial charge >= 0.3 is 0 Å². The molecule has 2 heteroatoms. The molecule has 27 heavy (non-hydrogen) atoms. The molecule has 0 spiro atoms. The van der Waals surface area contributed by atoms with E-state index in [0.29, 0.717) is 12.0 Å². The molecule has 0 amide bonds. The molecule has 1 aliphatic heterocycles. The lowest BCUT2D eigenvalue weighted by molar-refractivity contribution is 0.0500. The summed E-state index contributed by atoms with van der Waals surface area (Å²) in [7, 11) is 0. The molecule has 0 unspecified atom stereocenters. The third-order valence-electron chi connectivity index (χ3n) is 6.77. The topological polar surface area (TPSA) is 6.48 Å². The van der Waals surface area contributed by atoms with Crippen molar-refractivity contribution in [2.75, 3.05) is 26.2 Å². The first kappa shape index (κ1) is 18.7. The summed E-state index contributed by atoms with van der Waals surface area (Å²) >= 11 is 0. The van der Waals surface area contributed by atoms with Gasteiger partial charge in [-0.3, -0.25) is 9.80 Å². The van der Waals surface area contributed by atoms with Gasteiger partial charge in [0.2, 0.25) is 0 Å². The first-order valence-electron chi connectivity index (χ1n) is 10.9. The highest BCUT2D eigenvalue weighted by atomic mass is 15.3. The van der Waals surface area contributed by atoms with Gasteiger partial charge in [0.1, 0.15) is 0 Å². The molecule has 2 aromatic carbocycles. The Kier molecular flexibility index (Phi) is 6.26. The molecule has 1 heterocycles. The van der Waals surface area contributed by atoms with E-state index in [0.717, 1.165) is 6.04 Å². The van der Waals surface area contributed by atoms with Crippen LogP contribution in [0.1, 0.15) is 62.1 Å². The predicted molar refractivity (Wildman–Crippen MR) is 114 cm³/mol. The Morgan fingerprint density at radius 2 is 1.26 bits per heavy atom. The van der Waals surface area contributed by atoms with Crippen LogP contribution < -0.4 is 0 Å². The van der Waals surface area contributed by atoms with Gasteiger partial charge in [-0.25, -0.2) is 0 Å². The summed E-state index contributed by atoms with van der Waals surface area (Å²) in [5.74, 6) is 0.495. The van der Waals surface area contributed by atoms with Crippen molar-refractivity contribution >= 4 is 0 Å². The average Bonchev–Trinajstić information content (AvgIpc) is 2.76. The van der Waals surface area contributed by atoms with Gasteiger partial charge in [-0.05, 0) is 24.0 Å². The fraction of sp³-hybridized carbons (Fsp3) is 0.520. The van der Waals surface area contributed by atoms with Gasteiger partial charge in [0.05, 0.1) is 0 Å². The molecular weight excluding hydrogens is 328 g/mol. The minimum atomic E-state index is 0.460. The lowest BCUT2D eigenvalue weighted by Crippen LogP contribution is -2.52. The lowest BCUT2D eigenvalue weighted by atomic mass is 9.86. The van der Waals surface area contributed by atoms with Crippen LogP contribution in [-0.2, 0) is 0 Å². The van der Waals surface area contributed by atoms with E-state index in [1.54, 1.807) is 0 Å². The third kappa shape index (κ3) is 4.44. The van der Waals surface area contributed by atoms with E-state index in [9.17, 15) is 0 Å². The minimum Gasteiger partial charge on any atom is -0.298 e. The van der Waals surface area contributed by atoms with Crippen molar-refractivity contribution in [3.05, 3.63) is 71.8 Å². The summed E-state index contributed by atoms with van der Waals surface area (Å²) in [5.41, 5.74) is 2.90. The molecular formula is C25H34N2. The van der Waals surface area contributed by atoms with Crippen molar-refractivity contribution in [1.29, 1.82) is 0 Å². The molecule has 2 fully saturated rings. The number of hydrogen-bond donors (Lipinski definition) is 0. The van der Waals surface area contributed by atoms with Crippen LogP contribution in [0.25, 0.3) is 0 Å². The summed E-state index contributed by atoms with van der Waals surface area (Å²) in [6, 6.07) is 23.5. The highest BCUT2D eigenvalue weighted by molar-refractivity contribution is 5.27. The third-order valence-corrected chi connectivity index (χ3v) is 6.77. The number of piperazine rings is 1. The van der Waals surface area contributed by atoms with Crippen LogP contribution in [0.2, 0.25) is 0 Å². The van der Waals surface area contributed by atoms with Crippen molar-refractivity contribution in [3.8, 4) is 0 Å². The van der Waals surface area contributed by atoms with E-state index in [-0.39, 0.29) is 0 Å². The maximum atomic E-state index is 2.78. The van der Waals surface area contributed by atoms with Crippen LogP contribution in [0.5, 0.6) is 0 Å². The monoisotopic (exact) mass is 362 g/mol. The molecule has 1 saturated carbocycles. The first-order valence-corrected chi connectivity index (χ1v) is 10.9. The van der Waals surface area contributed by atoms with Gasteiger partial charge in [0.15, 0.2) is 0 Å². The maximum absolute atomic E-state index is 2.78. The molecule has 144 valence electrons. The zero-order valence-corrected chi connectivity index (χ0v) is 16.8. The Balaban J connectivity index is 1.50. The standard InChI is InChI=1S/C25H34N2/c1-21(22-11-5-2-6-12-22)25(23-13-7-3-8-14-23)27-19-17-26(18-20-27)24-15-9-4-10-16-24/h2-3,5-8,11-14,21,24-25H,4,9-10,15-20H2,1H3/t21-,25-/m1/s1. The van der Waals surface area contributed by atoms with Crippen LogP contribution in [-0.4, -0.2) is 42.0 Å². The van der Waals surface area contributed by atoms with Gasteiger partial charge in [0, 0.05) is 44.2 Å². The van der Waals surface area contributed by atoms with Crippen molar-refractivity contribution in [3.63, 3.8) is 0 Å². The lowest BCUT2D eigenvalue weighted by Gasteiger charge is -2.45. The summed E-state index contributed by atoms with van der Waals surface area (Å²) in [5, 5.41) is 0. The van der Waals surface area contributed by atoms with Gasteiger partial charge < -0.3 is 0 Å². The summed E-state index contributed by atoms with van der Waals surface area (Å²) in [6.45, 7) is 7.24. The highest BCUT2D eigenvalue weighted by Crippen LogP contribution is 2.36. The fourth-order valence-electron chi connectivity index (χ4n) is 5.23. The zero-order valence-electron chi connectivity index (χ0n) is 16.8. The van der Waals surface area contributed by atoms with E-state index in [1.807, 2.05) is 0 Å². The van der Waals surface area contributed by atoms with Gasteiger partial charge in [-0.1, -0.05) is 86.8 Å². The van der Waals surface area contributed by atoms with Crippen molar-refractivity contribution in [2.24, 2.45) is 0 Å². The van der Waals surface area contributed by atoms with Gasteiger partial charge in [-0.15, -0.1) is 0 Å². The summed E-state index contributed by atoms with van der Waals surface area (Å²) < 4.78 is 0. The van der Waals surface area contributed by atoms with E-state index in [2.05, 4.69) is 77.4 Å². The molecule has 0 aromatic heterocycles. The zero-order chi connectivity index (χ0) is 18.5. The van der Waals surface area contributed by atoms with E-state index in [1.165, 1.54) is 69.4 Å².